The van der Waals surface area contributed by atoms with E-state index in [1.165, 1.54) is 0 Å². The third-order valence-electron chi connectivity index (χ3n) is 4.00. The molecule has 0 saturated carbocycles. The lowest BCUT2D eigenvalue weighted by molar-refractivity contribution is 0.00225. The zero-order chi connectivity index (χ0) is 16.1. The summed E-state index contributed by atoms with van der Waals surface area (Å²) in [5, 5.41) is 9.99. The van der Waals surface area contributed by atoms with Crippen LogP contribution in [0.1, 0.15) is 30.1 Å². The van der Waals surface area contributed by atoms with E-state index in [0.717, 1.165) is 24.0 Å². The number of urea groups is 1. The van der Waals surface area contributed by atoms with E-state index in [1.54, 1.807) is 10.9 Å². The van der Waals surface area contributed by atoms with Crippen molar-refractivity contribution in [2.75, 3.05) is 6.61 Å². The van der Waals surface area contributed by atoms with Crippen LogP contribution in [0.15, 0.2) is 42.7 Å². The van der Waals surface area contributed by atoms with Crippen molar-refractivity contribution in [1.29, 1.82) is 0 Å². The molecule has 6 heteroatoms. The molecule has 0 spiro atoms. The Balaban J connectivity index is 1.48. The summed E-state index contributed by atoms with van der Waals surface area (Å²) in [7, 11) is 1.86. The van der Waals surface area contributed by atoms with Crippen LogP contribution >= 0.6 is 0 Å². The van der Waals surface area contributed by atoms with E-state index in [2.05, 4.69) is 27.9 Å². The standard InChI is InChI=1S/C17H22N4O2/c1-21-12-13(11-19-21)10-18-17(22)20-15-7-8-23-16(9-15)14-5-3-2-4-6-14/h2-6,11-12,15-16H,7-10H2,1H3,(H2,18,20,22)/t15-,16-/m0/s1. The lowest BCUT2D eigenvalue weighted by Gasteiger charge is -2.30. The van der Waals surface area contributed by atoms with Gasteiger partial charge in [0.05, 0.1) is 12.3 Å². The number of aryl methyl sites for hydroxylation is 1. The molecule has 2 amide bonds. The number of benzene rings is 1. The van der Waals surface area contributed by atoms with Crippen molar-refractivity contribution in [1.82, 2.24) is 20.4 Å². The van der Waals surface area contributed by atoms with Gasteiger partial charge in [0.15, 0.2) is 0 Å². The zero-order valence-electron chi connectivity index (χ0n) is 13.2. The number of hydrogen-bond acceptors (Lipinski definition) is 3. The van der Waals surface area contributed by atoms with Crippen LogP contribution in [-0.4, -0.2) is 28.5 Å². The second-order valence-electron chi connectivity index (χ2n) is 5.84. The van der Waals surface area contributed by atoms with Crippen molar-refractivity contribution in [2.45, 2.75) is 31.5 Å². The maximum absolute atomic E-state index is 12.0. The molecule has 1 saturated heterocycles. The smallest absolute Gasteiger partial charge is 0.315 e. The highest BCUT2D eigenvalue weighted by atomic mass is 16.5. The van der Waals surface area contributed by atoms with Crippen LogP contribution in [0.3, 0.4) is 0 Å². The lowest BCUT2D eigenvalue weighted by Crippen LogP contribution is -2.44. The molecule has 1 fully saturated rings. The monoisotopic (exact) mass is 314 g/mol. The van der Waals surface area contributed by atoms with Gasteiger partial charge in [-0.15, -0.1) is 0 Å². The molecule has 2 heterocycles. The van der Waals surface area contributed by atoms with E-state index in [9.17, 15) is 4.79 Å². The number of amides is 2. The zero-order valence-corrected chi connectivity index (χ0v) is 13.2. The Hall–Kier alpha value is -2.34. The van der Waals surface area contributed by atoms with Crippen molar-refractivity contribution >= 4 is 6.03 Å². The molecule has 0 aliphatic carbocycles. The number of ether oxygens (including phenoxy) is 1. The van der Waals surface area contributed by atoms with Crippen molar-refractivity contribution in [3.8, 4) is 0 Å². The van der Waals surface area contributed by atoms with Gasteiger partial charge < -0.3 is 15.4 Å². The van der Waals surface area contributed by atoms with Gasteiger partial charge in [-0.3, -0.25) is 4.68 Å². The predicted octanol–water partition coefficient (Wildman–Crippen LogP) is 2.14. The first-order valence-corrected chi connectivity index (χ1v) is 7.89. The van der Waals surface area contributed by atoms with E-state index >= 15 is 0 Å². The van der Waals surface area contributed by atoms with Crippen LogP contribution in [0.4, 0.5) is 4.79 Å². The summed E-state index contributed by atoms with van der Waals surface area (Å²) < 4.78 is 7.55. The Bertz CT molecular complexity index is 641. The summed E-state index contributed by atoms with van der Waals surface area (Å²) in [6, 6.07) is 10.1. The molecule has 0 radical (unpaired) electrons. The minimum absolute atomic E-state index is 0.0496. The molecule has 2 aromatic rings. The van der Waals surface area contributed by atoms with Crippen molar-refractivity contribution in [3.63, 3.8) is 0 Å². The number of nitrogens with zero attached hydrogens (tertiary/aromatic N) is 2. The van der Waals surface area contributed by atoms with Gasteiger partial charge >= 0.3 is 6.03 Å². The average molecular weight is 314 g/mol. The van der Waals surface area contributed by atoms with Gasteiger partial charge in [0.25, 0.3) is 0 Å². The maximum atomic E-state index is 12.0. The molecule has 1 aromatic heterocycles. The number of rotatable bonds is 4. The summed E-state index contributed by atoms with van der Waals surface area (Å²) in [5.74, 6) is 0. The fourth-order valence-corrected chi connectivity index (χ4v) is 2.81. The van der Waals surface area contributed by atoms with E-state index in [0.29, 0.717) is 13.2 Å². The number of nitrogens with one attached hydrogen (secondary N) is 2. The summed E-state index contributed by atoms with van der Waals surface area (Å²) in [6.45, 7) is 1.14. The highest BCUT2D eigenvalue weighted by Crippen LogP contribution is 2.27. The van der Waals surface area contributed by atoms with E-state index in [4.69, 9.17) is 4.74 Å². The van der Waals surface area contributed by atoms with Gasteiger partial charge in [0.1, 0.15) is 0 Å². The van der Waals surface area contributed by atoms with Crippen LogP contribution in [0.25, 0.3) is 0 Å². The average Bonchev–Trinajstić information content (AvgIpc) is 3.00. The first-order valence-electron chi connectivity index (χ1n) is 7.89. The third kappa shape index (κ3) is 4.32. The van der Waals surface area contributed by atoms with Gasteiger partial charge in [0.2, 0.25) is 0 Å². The maximum Gasteiger partial charge on any atom is 0.315 e. The lowest BCUT2D eigenvalue weighted by atomic mass is 9.97. The highest BCUT2D eigenvalue weighted by Gasteiger charge is 2.24. The number of hydrogen-bond donors (Lipinski definition) is 2. The fourth-order valence-electron chi connectivity index (χ4n) is 2.81. The van der Waals surface area contributed by atoms with Gasteiger partial charge in [-0.25, -0.2) is 4.79 Å². The predicted molar refractivity (Wildman–Crippen MR) is 86.7 cm³/mol. The molecular formula is C17H22N4O2. The third-order valence-corrected chi connectivity index (χ3v) is 4.00. The Morgan fingerprint density at radius 1 is 1.39 bits per heavy atom. The van der Waals surface area contributed by atoms with Crippen LogP contribution in [0.2, 0.25) is 0 Å². The van der Waals surface area contributed by atoms with Crippen molar-refractivity contribution in [3.05, 3.63) is 53.9 Å². The summed E-state index contributed by atoms with van der Waals surface area (Å²) in [6.07, 6.45) is 5.32. The molecule has 0 unspecified atom stereocenters. The SMILES string of the molecule is Cn1cc(CNC(=O)N[C@H]2CCO[C@H](c3ccccc3)C2)cn1. The molecule has 2 atom stereocenters. The van der Waals surface area contributed by atoms with Crippen LogP contribution in [-0.2, 0) is 18.3 Å². The van der Waals surface area contributed by atoms with Gasteiger partial charge in [0, 0.05) is 38.0 Å². The summed E-state index contributed by atoms with van der Waals surface area (Å²) in [4.78, 5) is 12.0. The molecule has 6 nitrogen and oxygen atoms in total. The summed E-state index contributed by atoms with van der Waals surface area (Å²) in [5.41, 5.74) is 2.14. The van der Waals surface area contributed by atoms with Gasteiger partial charge in [-0.2, -0.15) is 5.10 Å². The van der Waals surface area contributed by atoms with Crippen molar-refractivity contribution < 1.29 is 9.53 Å². The molecule has 122 valence electrons. The van der Waals surface area contributed by atoms with Gasteiger partial charge in [-0.05, 0) is 18.4 Å². The topological polar surface area (TPSA) is 68.2 Å². The first kappa shape index (κ1) is 15.6. The van der Waals surface area contributed by atoms with Crippen LogP contribution < -0.4 is 10.6 Å². The van der Waals surface area contributed by atoms with Crippen LogP contribution in [0, 0.1) is 0 Å². The fraction of sp³-hybridized carbons (Fsp3) is 0.412. The first-order chi connectivity index (χ1) is 11.2. The largest absolute Gasteiger partial charge is 0.373 e. The summed E-state index contributed by atoms with van der Waals surface area (Å²) >= 11 is 0. The van der Waals surface area contributed by atoms with Crippen LogP contribution in [0.5, 0.6) is 0 Å². The molecule has 0 bridgehead atoms. The Labute approximate surface area is 135 Å². The minimum Gasteiger partial charge on any atom is -0.373 e. The van der Waals surface area contributed by atoms with E-state index in [-0.39, 0.29) is 18.2 Å². The number of carbonyl (C=O) groups is 1. The molecule has 23 heavy (non-hydrogen) atoms. The molecule has 1 aromatic carbocycles. The molecule has 2 N–H and O–H groups in total. The minimum atomic E-state index is -0.146. The second kappa shape index (κ2) is 7.28. The number of carbonyl (C=O) groups excluding carboxylic acids is 1. The van der Waals surface area contributed by atoms with Crippen molar-refractivity contribution in [2.24, 2.45) is 7.05 Å². The molecule has 1 aliphatic heterocycles. The second-order valence-corrected chi connectivity index (χ2v) is 5.84. The van der Waals surface area contributed by atoms with E-state index in [1.807, 2.05) is 31.4 Å². The van der Waals surface area contributed by atoms with Gasteiger partial charge in [-0.1, -0.05) is 30.3 Å². The Morgan fingerprint density at radius 2 is 2.22 bits per heavy atom. The molecule has 1 aliphatic rings. The Kier molecular flexibility index (Phi) is 4.92. The molecular weight excluding hydrogens is 292 g/mol. The molecule has 3 rings (SSSR count). The number of aromatic nitrogens is 2. The Morgan fingerprint density at radius 3 is 2.96 bits per heavy atom. The normalized spacial score (nSPS) is 20.9. The highest BCUT2D eigenvalue weighted by molar-refractivity contribution is 5.74. The quantitative estimate of drug-likeness (QED) is 0.908. The van der Waals surface area contributed by atoms with E-state index < -0.39 is 0 Å².